The molecule has 2 rings (SSSR count). The number of hydrogen-bond donors (Lipinski definition) is 0. The van der Waals surface area contributed by atoms with Crippen LogP contribution in [0.25, 0.3) is 0 Å². The van der Waals surface area contributed by atoms with Crippen molar-refractivity contribution in [1.29, 1.82) is 0 Å². The summed E-state index contributed by atoms with van der Waals surface area (Å²) in [6.45, 7) is 6.78. The average Bonchev–Trinajstić information content (AvgIpc) is 2.84. The number of carbonyl (C=O) groups excluding carboxylic acids is 2. The van der Waals surface area contributed by atoms with Crippen molar-refractivity contribution in [3.05, 3.63) is 35.4 Å². The topological polar surface area (TPSA) is 52.6 Å². The molecule has 1 aliphatic heterocycles. The molecule has 0 spiro atoms. The van der Waals surface area contributed by atoms with Crippen molar-refractivity contribution in [2.24, 2.45) is 0 Å². The van der Waals surface area contributed by atoms with E-state index in [0.29, 0.717) is 18.6 Å². The highest BCUT2D eigenvalue weighted by molar-refractivity contribution is 5.91. The molecule has 1 aromatic carbocycles. The van der Waals surface area contributed by atoms with Crippen LogP contribution in [-0.4, -0.2) is 24.6 Å². The van der Waals surface area contributed by atoms with Gasteiger partial charge in [0.05, 0.1) is 12.2 Å². The van der Waals surface area contributed by atoms with Gasteiger partial charge in [-0.2, -0.15) is 0 Å². The summed E-state index contributed by atoms with van der Waals surface area (Å²) in [5.41, 5.74) is 1.72. The molecule has 0 aromatic heterocycles. The lowest BCUT2D eigenvalue weighted by Gasteiger charge is -2.23. The van der Waals surface area contributed by atoms with Crippen molar-refractivity contribution >= 4 is 11.9 Å². The maximum Gasteiger partial charge on any atom is 0.347 e. The molecule has 1 aromatic rings. The molecule has 4 nitrogen and oxygen atoms in total. The fourth-order valence-corrected chi connectivity index (χ4v) is 2.04. The first-order valence-electron chi connectivity index (χ1n) is 6.92. The first-order valence-corrected chi connectivity index (χ1v) is 6.92. The normalized spacial score (nSPS) is 18.8. The van der Waals surface area contributed by atoms with E-state index >= 15 is 0 Å². The van der Waals surface area contributed by atoms with Gasteiger partial charge in [-0.3, -0.25) is 0 Å². The van der Waals surface area contributed by atoms with Crippen LogP contribution < -0.4 is 0 Å². The molecule has 1 fully saturated rings. The second kappa shape index (κ2) is 5.65. The highest BCUT2D eigenvalue weighted by atomic mass is 16.6. The summed E-state index contributed by atoms with van der Waals surface area (Å²) in [6.07, 6.45) is 0.699. The molecular formula is C16H20O4. The number of esters is 2. The molecule has 0 amide bonds. The Hall–Kier alpha value is -1.84. The van der Waals surface area contributed by atoms with Crippen LogP contribution in [0.15, 0.2) is 24.3 Å². The zero-order valence-electron chi connectivity index (χ0n) is 12.1. The van der Waals surface area contributed by atoms with Crippen molar-refractivity contribution in [3.63, 3.8) is 0 Å². The summed E-state index contributed by atoms with van der Waals surface area (Å²) in [6, 6.07) is 7.37. The molecule has 108 valence electrons. The van der Waals surface area contributed by atoms with E-state index in [1.165, 1.54) is 5.56 Å². The van der Waals surface area contributed by atoms with Crippen LogP contribution in [0.2, 0.25) is 0 Å². The van der Waals surface area contributed by atoms with Gasteiger partial charge in [0.2, 0.25) is 6.10 Å². The largest absolute Gasteiger partial charge is 0.463 e. The van der Waals surface area contributed by atoms with E-state index in [1.54, 1.807) is 12.1 Å². The monoisotopic (exact) mass is 276 g/mol. The number of cyclic esters (lactones) is 1. The SMILES string of the molecule is CCC(C)(C)c1ccc(C(=O)OC2CCOC2=O)cc1. The summed E-state index contributed by atoms with van der Waals surface area (Å²) >= 11 is 0. The highest BCUT2D eigenvalue weighted by Crippen LogP contribution is 2.26. The van der Waals surface area contributed by atoms with Gasteiger partial charge in [0.15, 0.2) is 0 Å². The molecule has 0 radical (unpaired) electrons. The predicted octanol–water partition coefficient (Wildman–Crippen LogP) is 2.85. The Balaban J connectivity index is 2.06. The number of benzene rings is 1. The Morgan fingerprint density at radius 1 is 1.35 bits per heavy atom. The summed E-state index contributed by atoms with van der Waals surface area (Å²) in [4.78, 5) is 23.2. The van der Waals surface area contributed by atoms with Crippen LogP contribution in [0.5, 0.6) is 0 Å². The first kappa shape index (κ1) is 14.6. The van der Waals surface area contributed by atoms with Gasteiger partial charge in [-0.05, 0) is 29.5 Å². The molecule has 1 aliphatic rings. The molecule has 4 heteroatoms. The maximum absolute atomic E-state index is 11.9. The van der Waals surface area contributed by atoms with Crippen molar-refractivity contribution in [2.45, 2.75) is 45.1 Å². The van der Waals surface area contributed by atoms with Crippen molar-refractivity contribution in [1.82, 2.24) is 0 Å². The smallest absolute Gasteiger partial charge is 0.347 e. The summed E-state index contributed by atoms with van der Waals surface area (Å²) < 4.78 is 9.91. The second-order valence-electron chi connectivity index (χ2n) is 5.66. The summed E-state index contributed by atoms with van der Waals surface area (Å²) in [5, 5.41) is 0. The van der Waals surface area contributed by atoms with Gasteiger partial charge in [-0.15, -0.1) is 0 Å². The van der Waals surface area contributed by atoms with Crippen LogP contribution in [0.4, 0.5) is 0 Å². The van der Waals surface area contributed by atoms with Crippen LogP contribution in [0, 0.1) is 0 Å². The predicted molar refractivity (Wildman–Crippen MR) is 74.5 cm³/mol. The third-order valence-corrected chi connectivity index (χ3v) is 3.92. The Morgan fingerprint density at radius 2 is 2.00 bits per heavy atom. The molecule has 1 atom stereocenters. The average molecular weight is 276 g/mol. The van der Waals surface area contributed by atoms with Crippen molar-refractivity contribution in [3.8, 4) is 0 Å². The number of ether oxygens (including phenoxy) is 2. The molecule has 1 saturated heterocycles. The number of carbonyl (C=O) groups is 2. The number of hydrogen-bond acceptors (Lipinski definition) is 4. The zero-order chi connectivity index (χ0) is 14.8. The minimum absolute atomic E-state index is 0.0810. The molecule has 0 aliphatic carbocycles. The van der Waals surface area contributed by atoms with Crippen molar-refractivity contribution < 1.29 is 19.1 Å². The Morgan fingerprint density at radius 3 is 2.50 bits per heavy atom. The molecule has 0 N–H and O–H groups in total. The van der Waals surface area contributed by atoms with E-state index in [-0.39, 0.29) is 5.41 Å². The fourth-order valence-electron chi connectivity index (χ4n) is 2.04. The summed E-state index contributed by atoms with van der Waals surface area (Å²) in [5.74, 6) is -0.934. The van der Waals surface area contributed by atoms with Gasteiger partial charge in [0.1, 0.15) is 0 Å². The summed E-state index contributed by atoms with van der Waals surface area (Å²) in [7, 11) is 0. The van der Waals surface area contributed by atoms with Gasteiger partial charge < -0.3 is 9.47 Å². The molecule has 1 unspecified atom stereocenters. The van der Waals surface area contributed by atoms with E-state index in [2.05, 4.69) is 20.8 Å². The lowest BCUT2D eigenvalue weighted by Crippen LogP contribution is -2.22. The van der Waals surface area contributed by atoms with Crippen LogP contribution in [0.3, 0.4) is 0 Å². The Kier molecular flexibility index (Phi) is 4.12. The van der Waals surface area contributed by atoms with E-state index in [0.717, 1.165) is 6.42 Å². The highest BCUT2D eigenvalue weighted by Gasteiger charge is 2.30. The van der Waals surface area contributed by atoms with Gasteiger partial charge in [0.25, 0.3) is 0 Å². The third kappa shape index (κ3) is 3.00. The van der Waals surface area contributed by atoms with E-state index in [4.69, 9.17) is 9.47 Å². The van der Waals surface area contributed by atoms with Crippen LogP contribution in [0.1, 0.15) is 49.5 Å². The third-order valence-electron chi connectivity index (χ3n) is 3.92. The quantitative estimate of drug-likeness (QED) is 0.793. The van der Waals surface area contributed by atoms with Gasteiger partial charge in [-0.1, -0.05) is 32.9 Å². The molecule has 1 heterocycles. The Bertz CT molecular complexity index is 502. The fraction of sp³-hybridized carbons (Fsp3) is 0.500. The molecule has 0 bridgehead atoms. The standard InChI is InChI=1S/C16H20O4/c1-4-16(2,3)12-7-5-11(6-8-12)14(17)20-13-9-10-19-15(13)18/h5-8,13H,4,9-10H2,1-3H3. The van der Waals surface area contributed by atoms with Gasteiger partial charge in [-0.25, -0.2) is 9.59 Å². The van der Waals surface area contributed by atoms with E-state index < -0.39 is 18.0 Å². The first-order chi connectivity index (χ1) is 9.44. The lowest BCUT2D eigenvalue weighted by atomic mass is 9.82. The van der Waals surface area contributed by atoms with E-state index in [9.17, 15) is 9.59 Å². The molecule has 20 heavy (non-hydrogen) atoms. The minimum atomic E-state index is -0.755. The molecular weight excluding hydrogens is 256 g/mol. The van der Waals surface area contributed by atoms with Crippen molar-refractivity contribution in [2.75, 3.05) is 6.61 Å². The molecule has 0 saturated carbocycles. The second-order valence-corrected chi connectivity index (χ2v) is 5.66. The zero-order valence-corrected chi connectivity index (χ0v) is 12.1. The van der Waals surface area contributed by atoms with E-state index in [1.807, 2.05) is 12.1 Å². The maximum atomic E-state index is 11.9. The minimum Gasteiger partial charge on any atom is -0.463 e. The van der Waals surface area contributed by atoms with Gasteiger partial charge >= 0.3 is 11.9 Å². The van der Waals surface area contributed by atoms with Gasteiger partial charge in [0, 0.05) is 6.42 Å². The van der Waals surface area contributed by atoms with Crippen LogP contribution >= 0.6 is 0 Å². The Labute approximate surface area is 119 Å². The number of rotatable bonds is 4. The van der Waals surface area contributed by atoms with Crippen LogP contribution in [-0.2, 0) is 19.7 Å². The lowest BCUT2D eigenvalue weighted by molar-refractivity contribution is -0.145.